The summed E-state index contributed by atoms with van der Waals surface area (Å²) >= 11 is 0. The van der Waals surface area contributed by atoms with Gasteiger partial charge in [0.05, 0.1) is 12.6 Å². The molecule has 0 spiro atoms. The highest BCUT2D eigenvalue weighted by Gasteiger charge is 2.37. The summed E-state index contributed by atoms with van der Waals surface area (Å²) in [6.07, 6.45) is -4.73. The predicted molar refractivity (Wildman–Crippen MR) is 104 cm³/mol. The Morgan fingerprint density at radius 1 is 1.03 bits per heavy atom. The molecule has 0 saturated carbocycles. The van der Waals surface area contributed by atoms with Crippen LogP contribution in [0.4, 0.5) is 18.0 Å². The van der Waals surface area contributed by atoms with Gasteiger partial charge in [-0.3, -0.25) is 4.57 Å². The molecular formula is C20H20F3N5O2. The van der Waals surface area contributed by atoms with Crippen LogP contribution < -0.4 is 16.3 Å². The van der Waals surface area contributed by atoms with Crippen LogP contribution in [0.15, 0.2) is 65.5 Å². The van der Waals surface area contributed by atoms with Gasteiger partial charge in [-0.15, -0.1) is 5.10 Å². The van der Waals surface area contributed by atoms with Gasteiger partial charge in [-0.1, -0.05) is 60.7 Å². The Balaban J connectivity index is 1.65. The van der Waals surface area contributed by atoms with Crippen molar-refractivity contribution in [1.82, 2.24) is 25.0 Å². The minimum Gasteiger partial charge on any atom is -0.336 e. The Morgan fingerprint density at radius 2 is 1.57 bits per heavy atom. The van der Waals surface area contributed by atoms with Crippen LogP contribution in [0.1, 0.15) is 23.0 Å². The summed E-state index contributed by atoms with van der Waals surface area (Å²) in [6.45, 7) is -0.270. The molecule has 0 fully saturated rings. The van der Waals surface area contributed by atoms with Crippen molar-refractivity contribution in [3.63, 3.8) is 0 Å². The van der Waals surface area contributed by atoms with Crippen molar-refractivity contribution < 1.29 is 18.0 Å². The molecule has 0 aliphatic heterocycles. The minimum atomic E-state index is -4.73. The number of rotatable bonds is 6. The van der Waals surface area contributed by atoms with Crippen LogP contribution >= 0.6 is 0 Å². The smallest absolute Gasteiger partial charge is 0.336 e. The summed E-state index contributed by atoms with van der Waals surface area (Å²) < 4.78 is 39.6. The van der Waals surface area contributed by atoms with Crippen LogP contribution in [-0.2, 0) is 19.8 Å². The second-order valence-electron chi connectivity index (χ2n) is 6.54. The van der Waals surface area contributed by atoms with Gasteiger partial charge in [0.15, 0.2) is 0 Å². The van der Waals surface area contributed by atoms with E-state index >= 15 is 0 Å². The lowest BCUT2D eigenvalue weighted by Crippen LogP contribution is -2.40. The highest BCUT2D eigenvalue weighted by atomic mass is 19.4. The Morgan fingerprint density at radius 3 is 2.03 bits per heavy atom. The Kier molecular flexibility index (Phi) is 6.24. The number of hydrogen-bond donors (Lipinski definition) is 2. The molecule has 0 radical (unpaired) electrons. The van der Waals surface area contributed by atoms with E-state index in [2.05, 4.69) is 15.7 Å². The fraction of sp³-hybridized carbons (Fsp3) is 0.250. The molecule has 0 saturated heterocycles. The Bertz CT molecular complexity index is 1010. The molecule has 3 rings (SSSR count). The van der Waals surface area contributed by atoms with Gasteiger partial charge in [-0.25, -0.2) is 14.3 Å². The molecule has 1 aromatic heterocycles. The van der Waals surface area contributed by atoms with Crippen LogP contribution in [0.5, 0.6) is 0 Å². The zero-order chi connectivity index (χ0) is 21.7. The largest absolute Gasteiger partial charge is 0.451 e. The first kappa shape index (κ1) is 21.2. The number of nitrogens with one attached hydrogen (secondary N) is 2. The molecule has 30 heavy (non-hydrogen) atoms. The first-order chi connectivity index (χ1) is 14.3. The number of halogens is 3. The van der Waals surface area contributed by atoms with E-state index in [0.717, 1.165) is 18.2 Å². The van der Waals surface area contributed by atoms with E-state index in [1.54, 1.807) is 0 Å². The van der Waals surface area contributed by atoms with Crippen molar-refractivity contribution >= 4 is 6.03 Å². The average Bonchev–Trinajstić information content (AvgIpc) is 3.02. The van der Waals surface area contributed by atoms with E-state index in [1.807, 2.05) is 60.7 Å². The van der Waals surface area contributed by atoms with Gasteiger partial charge in [0, 0.05) is 13.6 Å². The molecule has 7 nitrogen and oxygen atoms in total. The topological polar surface area (TPSA) is 81.0 Å². The number of carbonyl (C=O) groups excluding carboxylic acids is 1. The molecule has 2 aromatic carbocycles. The fourth-order valence-electron chi connectivity index (χ4n) is 2.99. The lowest BCUT2D eigenvalue weighted by molar-refractivity contribution is -0.147. The summed E-state index contributed by atoms with van der Waals surface area (Å²) in [7, 11) is 0.999. The van der Waals surface area contributed by atoms with Crippen LogP contribution in [0.25, 0.3) is 0 Å². The third kappa shape index (κ3) is 4.88. The summed E-state index contributed by atoms with van der Waals surface area (Å²) in [5.74, 6) is -1.29. The molecule has 10 heteroatoms. The van der Waals surface area contributed by atoms with Crippen LogP contribution in [0, 0.1) is 0 Å². The molecule has 2 N–H and O–H groups in total. The highest BCUT2D eigenvalue weighted by Crippen LogP contribution is 2.26. The highest BCUT2D eigenvalue weighted by molar-refractivity contribution is 5.75. The standard InChI is InChI=1S/C20H20F3N5O2/c1-27-17(20(21,22)23)26-28(19(27)30)13-12-24-18(29)25-16(14-8-4-2-5-9-14)15-10-6-3-7-11-15/h2-11,16H,12-13H2,1H3,(H2,24,25,29). The number of alkyl halides is 3. The zero-order valence-electron chi connectivity index (χ0n) is 16.1. The van der Waals surface area contributed by atoms with Gasteiger partial charge in [-0.05, 0) is 11.1 Å². The summed E-state index contributed by atoms with van der Waals surface area (Å²) in [5.41, 5.74) is 0.834. The maximum atomic E-state index is 12.8. The summed E-state index contributed by atoms with van der Waals surface area (Å²) in [5, 5.41) is 8.71. The number of amides is 2. The van der Waals surface area contributed by atoms with Gasteiger partial charge < -0.3 is 10.6 Å². The van der Waals surface area contributed by atoms with E-state index in [9.17, 15) is 22.8 Å². The van der Waals surface area contributed by atoms with E-state index in [4.69, 9.17) is 0 Å². The van der Waals surface area contributed by atoms with Crippen molar-refractivity contribution in [2.45, 2.75) is 18.8 Å². The molecular weight excluding hydrogens is 399 g/mol. The lowest BCUT2D eigenvalue weighted by atomic mass is 9.99. The zero-order valence-corrected chi connectivity index (χ0v) is 16.1. The van der Waals surface area contributed by atoms with E-state index in [-0.39, 0.29) is 13.1 Å². The van der Waals surface area contributed by atoms with Crippen molar-refractivity contribution in [3.05, 3.63) is 88.1 Å². The number of hydrogen-bond acceptors (Lipinski definition) is 3. The average molecular weight is 419 g/mol. The van der Waals surface area contributed by atoms with Crippen LogP contribution in [0.3, 0.4) is 0 Å². The number of benzene rings is 2. The van der Waals surface area contributed by atoms with E-state index in [1.165, 1.54) is 0 Å². The third-order valence-electron chi connectivity index (χ3n) is 4.44. The number of nitrogens with zero attached hydrogens (tertiary/aromatic N) is 3. The van der Waals surface area contributed by atoms with Gasteiger partial charge in [0.1, 0.15) is 0 Å². The Hall–Kier alpha value is -3.56. The first-order valence-electron chi connectivity index (χ1n) is 9.12. The molecule has 158 valence electrons. The predicted octanol–water partition coefficient (Wildman–Crippen LogP) is 2.69. The maximum Gasteiger partial charge on any atom is 0.451 e. The molecule has 0 atom stereocenters. The number of carbonyl (C=O) groups is 1. The van der Waals surface area contributed by atoms with Crippen molar-refractivity contribution in [2.24, 2.45) is 7.05 Å². The molecule has 0 aliphatic carbocycles. The second kappa shape index (κ2) is 8.85. The molecule has 2 amide bonds. The molecule has 1 heterocycles. The second-order valence-corrected chi connectivity index (χ2v) is 6.54. The summed E-state index contributed by atoms with van der Waals surface area (Å²) in [6, 6.07) is 17.7. The SMILES string of the molecule is Cn1c(C(F)(F)F)nn(CCNC(=O)NC(c2ccccc2)c2ccccc2)c1=O. The van der Waals surface area contributed by atoms with Crippen LogP contribution in [0.2, 0.25) is 0 Å². The Labute approximate surface area is 170 Å². The monoisotopic (exact) mass is 419 g/mol. The van der Waals surface area contributed by atoms with E-state index < -0.39 is 29.8 Å². The van der Waals surface area contributed by atoms with E-state index in [0.29, 0.717) is 9.25 Å². The van der Waals surface area contributed by atoms with Crippen molar-refractivity contribution in [1.29, 1.82) is 0 Å². The molecule has 0 unspecified atom stereocenters. The fourth-order valence-corrected chi connectivity index (χ4v) is 2.99. The lowest BCUT2D eigenvalue weighted by Gasteiger charge is -2.20. The quantitative estimate of drug-likeness (QED) is 0.645. The maximum absolute atomic E-state index is 12.8. The first-order valence-corrected chi connectivity index (χ1v) is 9.12. The van der Waals surface area contributed by atoms with Gasteiger partial charge >= 0.3 is 17.9 Å². The number of aromatic nitrogens is 3. The van der Waals surface area contributed by atoms with Crippen molar-refractivity contribution in [2.75, 3.05) is 6.54 Å². The minimum absolute atomic E-state index is 0.0731. The van der Waals surface area contributed by atoms with Gasteiger partial charge in [0.2, 0.25) is 5.82 Å². The molecule has 3 aromatic rings. The molecule has 0 bridgehead atoms. The molecule has 0 aliphatic rings. The van der Waals surface area contributed by atoms with Crippen molar-refractivity contribution in [3.8, 4) is 0 Å². The van der Waals surface area contributed by atoms with Gasteiger partial charge in [0.25, 0.3) is 0 Å². The normalized spacial score (nSPS) is 11.5. The summed E-state index contributed by atoms with van der Waals surface area (Å²) in [4.78, 5) is 24.3. The van der Waals surface area contributed by atoms with Crippen LogP contribution in [-0.4, -0.2) is 26.9 Å². The number of urea groups is 1. The van der Waals surface area contributed by atoms with Gasteiger partial charge in [-0.2, -0.15) is 13.2 Å². The third-order valence-corrected chi connectivity index (χ3v) is 4.44.